The molecule has 0 bridgehead atoms. The van der Waals surface area contributed by atoms with Gasteiger partial charge in [-0.1, -0.05) is 0 Å². The Morgan fingerprint density at radius 2 is 1.69 bits per heavy atom. The lowest BCUT2D eigenvalue weighted by molar-refractivity contribution is -0.276. The molecule has 7 heteroatoms. The fraction of sp³-hybridized carbons (Fsp3) is 0.333. The predicted molar refractivity (Wildman–Crippen MR) is 44.3 cm³/mol. The Labute approximate surface area is 87.6 Å². The van der Waals surface area contributed by atoms with Crippen molar-refractivity contribution in [1.29, 1.82) is 0 Å². The minimum atomic E-state index is -5.17. The van der Waals surface area contributed by atoms with Gasteiger partial charge in [0.2, 0.25) is 11.6 Å². The Morgan fingerprint density at radius 1 is 1.12 bits per heavy atom. The van der Waals surface area contributed by atoms with Gasteiger partial charge in [-0.05, 0) is 18.6 Å². The molecule has 0 saturated carbocycles. The van der Waals surface area contributed by atoms with Crippen LogP contribution >= 0.6 is 0 Å². The lowest BCUT2D eigenvalue weighted by Gasteiger charge is -2.13. The number of hydrogen-bond donors (Lipinski definition) is 0. The molecule has 0 aliphatic carbocycles. The first-order valence-corrected chi connectivity index (χ1v) is 4.04. The molecule has 0 radical (unpaired) electrons. The molecule has 1 aromatic carbocycles. The van der Waals surface area contributed by atoms with Gasteiger partial charge in [0.25, 0.3) is 0 Å². The highest BCUT2D eigenvalue weighted by Crippen LogP contribution is 2.35. The molecule has 0 aromatic heterocycles. The predicted octanol–water partition coefficient (Wildman–Crippen LogP) is 3.18. The molecule has 1 rings (SSSR count). The normalized spacial score (nSPS) is 11.4. The lowest BCUT2D eigenvalue weighted by atomic mass is 10.2. The summed E-state index contributed by atoms with van der Waals surface area (Å²) < 4.78 is 69.8. The van der Waals surface area contributed by atoms with Gasteiger partial charge < -0.3 is 9.47 Å². The minimum Gasteiger partial charge on any atom is -0.494 e. The quantitative estimate of drug-likeness (QED) is 0.741. The van der Waals surface area contributed by atoms with Crippen LogP contribution in [0.15, 0.2) is 6.07 Å². The van der Waals surface area contributed by atoms with Gasteiger partial charge in [-0.15, -0.1) is 13.2 Å². The van der Waals surface area contributed by atoms with Crippen LogP contribution in [0.1, 0.15) is 5.56 Å². The van der Waals surface area contributed by atoms with Gasteiger partial charge in [0.05, 0.1) is 7.11 Å². The van der Waals surface area contributed by atoms with Gasteiger partial charge in [-0.3, -0.25) is 0 Å². The standard InChI is InChI=1S/C9H7F5O2/c1-4-3-5(15-2)7(11)8(6(4)10)16-9(12,13)14/h3H,1-2H3. The van der Waals surface area contributed by atoms with Crippen molar-refractivity contribution < 1.29 is 31.4 Å². The molecule has 0 aliphatic heterocycles. The van der Waals surface area contributed by atoms with E-state index in [1.165, 1.54) is 6.92 Å². The SMILES string of the molecule is COc1cc(C)c(F)c(OC(F)(F)F)c1F. The molecule has 16 heavy (non-hydrogen) atoms. The summed E-state index contributed by atoms with van der Waals surface area (Å²) in [4.78, 5) is 0. The number of benzene rings is 1. The van der Waals surface area contributed by atoms with E-state index in [1.54, 1.807) is 0 Å². The first-order valence-electron chi connectivity index (χ1n) is 4.04. The van der Waals surface area contributed by atoms with Gasteiger partial charge >= 0.3 is 6.36 Å². The lowest BCUT2D eigenvalue weighted by Crippen LogP contribution is -2.19. The summed E-state index contributed by atoms with van der Waals surface area (Å²) >= 11 is 0. The molecule has 0 aliphatic rings. The van der Waals surface area contributed by atoms with Crippen LogP contribution in [0.3, 0.4) is 0 Å². The molecule has 0 saturated heterocycles. The van der Waals surface area contributed by atoms with E-state index in [0.29, 0.717) is 0 Å². The fourth-order valence-electron chi connectivity index (χ4n) is 1.06. The first-order chi connectivity index (χ1) is 7.26. The highest BCUT2D eigenvalue weighted by molar-refractivity contribution is 5.41. The fourth-order valence-corrected chi connectivity index (χ4v) is 1.06. The van der Waals surface area contributed by atoms with Crippen LogP contribution in [-0.4, -0.2) is 13.5 Å². The van der Waals surface area contributed by atoms with E-state index in [4.69, 9.17) is 0 Å². The Morgan fingerprint density at radius 3 is 2.12 bits per heavy atom. The number of methoxy groups -OCH3 is 1. The molecule has 0 fully saturated rings. The Kier molecular flexibility index (Phi) is 3.25. The van der Waals surface area contributed by atoms with Gasteiger partial charge in [0.15, 0.2) is 11.6 Å². The maximum absolute atomic E-state index is 13.3. The summed E-state index contributed by atoms with van der Waals surface area (Å²) in [5.41, 5.74) is -0.211. The van der Waals surface area contributed by atoms with Crippen molar-refractivity contribution in [3.05, 3.63) is 23.3 Å². The number of alkyl halides is 3. The number of halogens is 5. The van der Waals surface area contributed by atoms with Crippen LogP contribution in [0, 0.1) is 18.6 Å². The Hall–Kier alpha value is -1.53. The van der Waals surface area contributed by atoms with Gasteiger partial charge in [-0.25, -0.2) is 4.39 Å². The summed E-state index contributed by atoms with van der Waals surface area (Å²) in [5.74, 6) is -4.96. The average molecular weight is 242 g/mol. The van der Waals surface area contributed by atoms with Gasteiger partial charge in [0.1, 0.15) is 0 Å². The molecule has 90 valence electrons. The zero-order valence-corrected chi connectivity index (χ0v) is 8.28. The van der Waals surface area contributed by atoms with Gasteiger partial charge in [-0.2, -0.15) is 4.39 Å². The van der Waals surface area contributed by atoms with E-state index >= 15 is 0 Å². The summed E-state index contributed by atoms with van der Waals surface area (Å²) in [6.07, 6.45) is -5.17. The molecule has 0 spiro atoms. The van der Waals surface area contributed by atoms with Crippen LogP contribution in [0.25, 0.3) is 0 Å². The highest BCUT2D eigenvalue weighted by Gasteiger charge is 2.35. The van der Waals surface area contributed by atoms with Crippen LogP contribution in [0.2, 0.25) is 0 Å². The largest absolute Gasteiger partial charge is 0.573 e. The molecular weight excluding hydrogens is 235 g/mol. The van der Waals surface area contributed by atoms with E-state index in [1.807, 2.05) is 0 Å². The van der Waals surface area contributed by atoms with Crippen molar-refractivity contribution in [2.75, 3.05) is 7.11 Å². The molecule has 1 aromatic rings. The van der Waals surface area contributed by atoms with Gasteiger partial charge in [0, 0.05) is 0 Å². The third-order valence-electron chi connectivity index (χ3n) is 1.75. The highest BCUT2D eigenvalue weighted by atomic mass is 19.4. The Bertz CT molecular complexity index is 400. The number of hydrogen-bond acceptors (Lipinski definition) is 2. The van der Waals surface area contributed by atoms with Crippen molar-refractivity contribution in [3.8, 4) is 11.5 Å². The Balaban J connectivity index is 3.30. The van der Waals surface area contributed by atoms with Crippen LogP contribution < -0.4 is 9.47 Å². The zero-order chi connectivity index (χ0) is 12.5. The molecule has 2 nitrogen and oxygen atoms in total. The maximum atomic E-state index is 13.3. The van der Waals surface area contributed by atoms with Crippen LogP contribution in [0.4, 0.5) is 22.0 Å². The van der Waals surface area contributed by atoms with E-state index in [0.717, 1.165) is 13.2 Å². The smallest absolute Gasteiger partial charge is 0.494 e. The molecule has 0 atom stereocenters. The van der Waals surface area contributed by atoms with E-state index in [2.05, 4.69) is 9.47 Å². The third-order valence-corrected chi connectivity index (χ3v) is 1.75. The second-order valence-electron chi connectivity index (χ2n) is 2.90. The van der Waals surface area contributed by atoms with E-state index in [-0.39, 0.29) is 5.56 Å². The average Bonchev–Trinajstić information content (AvgIpc) is 2.17. The number of aryl methyl sites for hydroxylation is 1. The minimum absolute atomic E-state index is 0.211. The zero-order valence-electron chi connectivity index (χ0n) is 8.28. The molecule has 0 N–H and O–H groups in total. The summed E-state index contributed by atoms with van der Waals surface area (Å²) in [5, 5.41) is 0. The monoisotopic (exact) mass is 242 g/mol. The first kappa shape index (κ1) is 12.5. The molecular formula is C9H7F5O2. The molecule has 0 amide bonds. The summed E-state index contributed by atoms with van der Waals surface area (Å²) in [6.45, 7) is 1.17. The van der Waals surface area contributed by atoms with Crippen molar-refractivity contribution in [1.82, 2.24) is 0 Å². The van der Waals surface area contributed by atoms with Crippen molar-refractivity contribution in [3.63, 3.8) is 0 Å². The van der Waals surface area contributed by atoms with Crippen molar-refractivity contribution in [2.45, 2.75) is 13.3 Å². The molecule has 0 heterocycles. The topological polar surface area (TPSA) is 18.5 Å². The van der Waals surface area contributed by atoms with Crippen molar-refractivity contribution in [2.24, 2.45) is 0 Å². The molecule has 0 unspecified atom stereocenters. The number of ether oxygens (including phenoxy) is 2. The van der Waals surface area contributed by atoms with Crippen LogP contribution in [0.5, 0.6) is 11.5 Å². The second kappa shape index (κ2) is 4.15. The summed E-state index contributed by atoms with van der Waals surface area (Å²) in [6, 6.07) is 0.938. The van der Waals surface area contributed by atoms with E-state index < -0.39 is 29.5 Å². The third kappa shape index (κ3) is 2.53. The second-order valence-corrected chi connectivity index (χ2v) is 2.90. The van der Waals surface area contributed by atoms with Crippen LogP contribution in [-0.2, 0) is 0 Å². The van der Waals surface area contributed by atoms with E-state index in [9.17, 15) is 22.0 Å². The maximum Gasteiger partial charge on any atom is 0.573 e. The number of rotatable bonds is 2. The summed E-state index contributed by atoms with van der Waals surface area (Å²) in [7, 11) is 1.05. The van der Waals surface area contributed by atoms with Crippen molar-refractivity contribution >= 4 is 0 Å².